The normalized spacial score (nSPS) is 10.8. The van der Waals surface area contributed by atoms with E-state index in [1.807, 2.05) is 6.92 Å². The maximum absolute atomic E-state index is 13.0. The van der Waals surface area contributed by atoms with Crippen LogP contribution >= 0.6 is 11.3 Å². The van der Waals surface area contributed by atoms with Crippen LogP contribution < -0.4 is 5.32 Å². The number of benzene rings is 1. The Hall–Kier alpha value is -1.33. The summed E-state index contributed by atoms with van der Waals surface area (Å²) in [7, 11) is 0. The average molecular weight is 254 g/mol. The lowest BCUT2D eigenvalue weighted by atomic mass is 10.2. The van der Waals surface area contributed by atoms with Crippen molar-refractivity contribution < 1.29 is 8.78 Å². The van der Waals surface area contributed by atoms with Crippen molar-refractivity contribution in [2.75, 3.05) is 6.54 Å². The largest absolute Gasteiger partial charge is 0.312 e. The van der Waals surface area contributed by atoms with Gasteiger partial charge in [-0.05, 0) is 18.7 Å². The van der Waals surface area contributed by atoms with Crippen molar-refractivity contribution in [1.29, 1.82) is 0 Å². The van der Waals surface area contributed by atoms with Crippen LogP contribution in [0.4, 0.5) is 8.78 Å². The molecule has 0 aliphatic carbocycles. The molecule has 90 valence electrons. The maximum atomic E-state index is 13.0. The molecule has 2 rings (SSSR count). The van der Waals surface area contributed by atoms with Crippen molar-refractivity contribution in [3.63, 3.8) is 0 Å². The lowest BCUT2D eigenvalue weighted by Crippen LogP contribution is -2.10. The summed E-state index contributed by atoms with van der Waals surface area (Å²) in [5, 5.41) is 3.81. The van der Waals surface area contributed by atoms with E-state index in [9.17, 15) is 8.78 Å². The molecule has 1 aromatic heterocycles. The molecule has 0 radical (unpaired) electrons. The van der Waals surface area contributed by atoms with Gasteiger partial charge in [-0.2, -0.15) is 0 Å². The highest BCUT2D eigenvalue weighted by atomic mass is 32.1. The number of rotatable bonds is 4. The Kier molecular flexibility index (Phi) is 3.81. The van der Waals surface area contributed by atoms with E-state index in [2.05, 4.69) is 10.3 Å². The van der Waals surface area contributed by atoms with Gasteiger partial charge in [-0.15, -0.1) is 11.3 Å². The van der Waals surface area contributed by atoms with Gasteiger partial charge in [0.2, 0.25) is 0 Å². The van der Waals surface area contributed by atoms with E-state index in [4.69, 9.17) is 0 Å². The number of hydrogen-bond acceptors (Lipinski definition) is 3. The van der Waals surface area contributed by atoms with Crippen molar-refractivity contribution in [3.8, 4) is 10.6 Å². The summed E-state index contributed by atoms with van der Waals surface area (Å²) in [6.07, 6.45) is 1.73. The third-order valence-corrected chi connectivity index (χ3v) is 3.26. The summed E-state index contributed by atoms with van der Waals surface area (Å²) in [6, 6.07) is 3.44. The van der Waals surface area contributed by atoms with Crippen LogP contribution in [0.2, 0.25) is 0 Å². The SMILES string of the molecule is CCNCc1cnc(-c2cc(F)cc(F)c2)s1. The van der Waals surface area contributed by atoms with E-state index in [1.54, 1.807) is 6.20 Å². The van der Waals surface area contributed by atoms with Crippen LogP contribution in [0.15, 0.2) is 24.4 Å². The molecule has 1 aromatic carbocycles. The number of thiazole rings is 1. The van der Waals surface area contributed by atoms with Crippen molar-refractivity contribution in [1.82, 2.24) is 10.3 Å². The Bertz CT molecular complexity index is 491. The minimum Gasteiger partial charge on any atom is -0.312 e. The second kappa shape index (κ2) is 5.33. The van der Waals surface area contributed by atoms with Gasteiger partial charge >= 0.3 is 0 Å². The molecular weight excluding hydrogens is 242 g/mol. The predicted octanol–water partition coefficient (Wildman–Crippen LogP) is 3.20. The highest BCUT2D eigenvalue weighted by molar-refractivity contribution is 7.15. The van der Waals surface area contributed by atoms with Crippen molar-refractivity contribution >= 4 is 11.3 Å². The first kappa shape index (κ1) is 12.1. The van der Waals surface area contributed by atoms with E-state index in [1.165, 1.54) is 23.5 Å². The van der Waals surface area contributed by atoms with Gasteiger partial charge in [0.1, 0.15) is 16.6 Å². The van der Waals surface area contributed by atoms with Gasteiger partial charge in [0, 0.05) is 29.2 Å². The summed E-state index contributed by atoms with van der Waals surface area (Å²) in [5.74, 6) is -1.16. The minimum atomic E-state index is -0.580. The number of nitrogens with one attached hydrogen (secondary N) is 1. The van der Waals surface area contributed by atoms with Crippen LogP contribution in [0, 0.1) is 11.6 Å². The van der Waals surface area contributed by atoms with E-state index < -0.39 is 11.6 Å². The van der Waals surface area contributed by atoms with Crippen LogP contribution in [0.5, 0.6) is 0 Å². The fraction of sp³-hybridized carbons (Fsp3) is 0.250. The molecule has 0 atom stereocenters. The number of hydrogen-bond donors (Lipinski definition) is 1. The van der Waals surface area contributed by atoms with Gasteiger partial charge in [-0.25, -0.2) is 13.8 Å². The van der Waals surface area contributed by atoms with Gasteiger partial charge in [0.15, 0.2) is 0 Å². The maximum Gasteiger partial charge on any atom is 0.126 e. The first-order chi connectivity index (χ1) is 8.19. The molecule has 5 heteroatoms. The first-order valence-electron chi connectivity index (χ1n) is 5.31. The molecule has 17 heavy (non-hydrogen) atoms. The summed E-state index contributed by atoms with van der Waals surface area (Å²) in [4.78, 5) is 5.21. The number of halogens is 2. The van der Waals surface area contributed by atoms with Crippen LogP contribution in [0.1, 0.15) is 11.8 Å². The predicted molar refractivity (Wildman–Crippen MR) is 64.8 cm³/mol. The average Bonchev–Trinajstić information content (AvgIpc) is 2.73. The van der Waals surface area contributed by atoms with E-state index in [-0.39, 0.29) is 0 Å². The van der Waals surface area contributed by atoms with Crippen molar-refractivity contribution in [3.05, 3.63) is 40.9 Å². The highest BCUT2D eigenvalue weighted by Gasteiger charge is 2.07. The molecule has 2 nitrogen and oxygen atoms in total. The molecule has 0 bridgehead atoms. The highest BCUT2D eigenvalue weighted by Crippen LogP contribution is 2.26. The van der Waals surface area contributed by atoms with Gasteiger partial charge in [-0.3, -0.25) is 0 Å². The molecule has 0 amide bonds. The van der Waals surface area contributed by atoms with Crippen LogP contribution in [-0.4, -0.2) is 11.5 Å². The second-order valence-corrected chi connectivity index (χ2v) is 4.69. The molecule has 1 N–H and O–H groups in total. The monoisotopic (exact) mass is 254 g/mol. The van der Waals surface area contributed by atoms with E-state index >= 15 is 0 Å². The lowest BCUT2D eigenvalue weighted by molar-refractivity contribution is 0.584. The quantitative estimate of drug-likeness (QED) is 0.906. The lowest BCUT2D eigenvalue weighted by Gasteiger charge is -1.98. The molecular formula is C12H12F2N2S. The Morgan fingerprint density at radius 1 is 1.24 bits per heavy atom. The van der Waals surface area contributed by atoms with Crippen molar-refractivity contribution in [2.45, 2.75) is 13.5 Å². The Morgan fingerprint density at radius 2 is 1.94 bits per heavy atom. The third kappa shape index (κ3) is 3.08. The van der Waals surface area contributed by atoms with Gasteiger partial charge < -0.3 is 5.32 Å². The third-order valence-electron chi connectivity index (χ3n) is 2.21. The van der Waals surface area contributed by atoms with Crippen LogP contribution in [-0.2, 0) is 6.54 Å². The Balaban J connectivity index is 2.24. The molecule has 2 aromatic rings. The minimum absolute atomic E-state index is 0.482. The van der Waals surface area contributed by atoms with E-state index in [0.29, 0.717) is 10.6 Å². The van der Waals surface area contributed by atoms with E-state index in [0.717, 1.165) is 24.0 Å². The molecule has 0 spiro atoms. The summed E-state index contributed by atoms with van der Waals surface area (Å²) in [6.45, 7) is 3.62. The molecule has 0 fully saturated rings. The number of nitrogens with zero attached hydrogens (tertiary/aromatic N) is 1. The molecule has 0 unspecified atom stereocenters. The molecule has 0 aliphatic heterocycles. The fourth-order valence-electron chi connectivity index (χ4n) is 1.45. The molecule has 0 saturated heterocycles. The van der Waals surface area contributed by atoms with Crippen molar-refractivity contribution in [2.24, 2.45) is 0 Å². The molecule has 0 saturated carbocycles. The zero-order chi connectivity index (χ0) is 12.3. The summed E-state index contributed by atoms with van der Waals surface area (Å²) < 4.78 is 26.1. The smallest absolute Gasteiger partial charge is 0.126 e. The summed E-state index contributed by atoms with van der Waals surface area (Å²) >= 11 is 1.44. The zero-order valence-electron chi connectivity index (χ0n) is 9.34. The standard InChI is InChI=1S/C12H12F2N2S/c1-2-15-6-11-7-16-12(17-11)8-3-9(13)5-10(14)4-8/h3-5,7,15H,2,6H2,1H3. The first-order valence-corrected chi connectivity index (χ1v) is 6.12. The Morgan fingerprint density at radius 3 is 2.59 bits per heavy atom. The van der Waals surface area contributed by atoms with Gasteiger partial charge in [0.05, 0.1) is 0 Å². The number of aromatic nitrogens is 1. The fourth-order valence-corrected chi connectivity index (χ4v) is 2.32. The zero-order valence-corrected chi connectivity index (χ0v) is 10.2. The summed E-state index contributed by atoms with van der Waals surface area (Å²) in [5.41, 5.74) is 0.482. The Labute approximate surface area is 102 Å². The molecule has 0 aliphatic rings. The second-order valence-electron chi connectivity index (χ2n) is 3.57. The topological polar surface area (TPSA) is 24.9 Å². The van der Waals surface area contributed by atoms with Gasteiger partial charge in [-0.1, -0.05) is 6.92 Å². The van der Waals surface area contributed by atoms with Crippen LogP contribution in [0.25, 0.3) is 10.6 Å². The van der Waals surface area contributed by atoms with Crippen LogP contribution in [0.3, 0.4) is 0 Å². The van der Waals surface area contributed by atoms with Gasteiger partial charge in [0.25, 0.3) is 0 Å². The molecule has 1 heterocycles.